The van der Waals surface area contributed by atoms with E-state index >= 15 is 0 Å². The van der Waals surface area contributed by atoms with E-state index in [-0.39, 0.29) is 0 Å². The minimum Gasteiger partial charge on any atom is -0.208 e. The van der Waals surface area contributed by atoms with E-state index in [0.29, 0.717) is 17.5 Å². The molecule has 1 aromatic heterocycles. The highest BCUT2D eigenvalue weighted by Crippen LogP contribution is 2.58. The number of aromatic nitrogens is 3. The Labute approximate surface area is 321 Å². The van der Waals surface area contributed by atoms with Gasteiger partial charge in [0.2, 0.25) is 0 Å². The van der Waals surface area contributed by atoms with Crippen molar-refractivity contribution in [2.75, 3.05) is 0 Å². The van der Waals surface area contributed by atoms with Crippen molar-refractivity contribution in [3.8, 4) is 67.5 Å². The van der Waals surface area contributed by atoms with Crippen LogP contribution in [-0.2, 0) is 5.41 Å². The van der Waals surface area contributed by atoms with Gasteiger partial charge in [-0.25, -0.2) is 15.0 Å². The highest BCUT2D eigenvalue weighted by atomic mass is 15.0. The predicted octanol–water partition coefficient (Wildman–Crippen LogP) is 12.6. The Morgan fingerprint density at radius 2 is 0.600 bits per heavy atom. The fraction of sp³-hybridized carbons (Fsp3) is 0.0192. The van der Waals surface area contributed by atoms with Crippen LogP contribution in [0.3, 0.4) is 0 Å². The molecule has 0 amide bonds. The first-order chi connectivity index (χ1) is 27.3. The van der Waals surface area contributed by atoms with Crippen LogP contribution in [0.5, 0.6) is 0 Å². The average molecular weight is 702 g/mol. The summed E-state index contributed by atoms with van der Waals surface area (Å²) in [6.07, 6.45) is 0. The van der Waals surface area contributed by atoms with E-state index in [2.05, 4.69) is 200 Å². The van der Waals surface area contributed by atoms with Crippen LogP contribution in [0.2, 0.25) is 0 Å². The molecule has 10 rings (SSSR count). The van der Waals surface area contributed by atoms with Crippen LogP contribution < -0.4 is 0 Å². The van der Waals surface area contributed by atoms with Crippen LogP contribution in [0.1, 0.15) is 22.3 Å². The molecule has 0 aliphatic heterocycles. The Hall–Kier alpha value is -7.23. The summed E-state index contributed by atoms with van der Waals surface area (Å²) in [5.41, 5.74) is 13.8. The summed E-state index contributed by atoms with van der Waals surface area (Å²) in [5.74, 6) is 1.88. The van der Waals surface area contributed by atoms with Crippen LogP contribution in [0.4, 0.5) is 0 Å². The van der Waals surface area contributed by atoms with Gasteiger partial charge in [-0.3, -0.25) is 0 Å². The molecular formula is C52H35N3. The standard InChI is InChI=1S/C52H35N3/c1-5-20-36(21-6-1)40-28-13-15-31-44(40)49-53-50(45-32-16-14-29-41(45)37-22-7-2-8-23-37)55-51(54-49)46-34-19-33-43-42-30-17-18-35-47(42)52(48(43)46,38-24-9-3-10-25-38)39-26-11-4-12-27-39/h1-35H. The van der Waals surface area contributed by atoms with Gasteiger partial charge in [-0.2, -0.15) is 0 Å². The topological polar surface area (TPSA) is 38.7 Å². The Balaban J connectivity index is 1.30. The summed E-state index contributed by atoms with van der Waals surface area (Å²) in [5, 5.41) is 0. The number of hydrogen-bond acceptors (Lipinski definition) is 3. The summed E-state index contributed by atoms with van der Waals surface area (Å²) in [6, 6.07) is 75.0. The van der Waals surface area contributed by atoms with E-state index in [0.717, 1.165) is 38.9 Å². The molecule has 0 saturated heterocycles. The van der Waals surface area contributed by atoms with Crippen LogP contribution in [0, 0.1) is 0 Å². The number of nitrogens with zero attached hydrogens (tertiary/aromatic N) is 3. The Bertz CT molecular complexity index is 2660. The van der Waals surface area contributed by atoms with Gasteiger partial charge in [0.05, 0.1) is 5.41 Å². The maximum absolute atomic E-state index is 5.46. The smallest absolute Gasteiger partial charge is 0.164 e. The minimum atomic E-state index is -0.623. The van der Waals surface area contributed by atoms with E-state index < -0.39 is 5.41 Å². The zero-order chi connectivity index (χ0) is 36.6. The van der Waals surface area contributed by atoms with Gasteiger partial charge in [-0.15, -0.1) is 0 Å². The number of hydrogen-bond donors (Lipinski definition) is 0. The Morgan fingerprint density at radius 3 is 1.09 bits per heavy atom. The molecule has 3 nitrogen and oxygen atoms in total. The summed E-state index contributed by atoms with van der Waals surface area (Å²) >= 11 is 0. The van der Waals surface area contributed by atoms with Crippen molar-refractivity contribution in [3.63, 3.8) is 0 Å². The van der Waals surface area contributed by atoms with Crippen LogP contribution in [-0.4, -0.2) is 15.0 Å². The van der Waals surface area contributed by atoms with E-state index in [1.807, 2.05) is 12.1 Å². The molecule has 0 fully saturated rings. The van der Waals surface area contributed by atoms with E-state index in [9.17, 15) is 0 Å². The Morgan fingerprint density at radius 1 is 0.255 bits per heavy atom. The SMILES string of the molecule is c1ccc(-c2ccccc2-c2nc(-c3ccccc3-c3ccccc3)nc(-c3cccc4c3C(c3ccccc3)(c3ccccc3)c3ccccc3-4)n2)cc1. The molecule has 1 aliphatic rings. The maximum atomic E-state index is 5.46. The molecule has 55 heavy (non-hydrogen) atoms. The second-order valence-electron chi connectivity index (χ2n) is 13.9. The molecule has 3 heteroatoms. The minimum absolute atomic E-state index is 0.623. The Kier molecular flexibility index (Phi) is 8.04. The monoisotopic (exact) mass is 701 g/mol. The van der Waals surface area contributed by atoms with Crippen molar-refractivity contribution in [2.45, 2.75) is 5.41 Å². The van der Waals surface area contributed by atoms with Crippen molar-refractivity contribution in [2.24, 2.45) is 0 Å². The molecule has 0 atom stereocenters. The number of benzene rings is 8. The first kappa shape index (κ1) is 32.4. The van der Waals surface area contributed by atoms with Gasteiger partial charge in [0, 0.05) is 16.7 Å². The van der Waals surface area contributed by atoms with Gasteiger partial charge in [0.15, 0.2) is 17.5 Å². The molecule has 0 unspecified atom stereocenters. The van der Waals surface area contributed by atoms with Gasteiger partial charge < -0.3 is 0 Å². The van der Waals surface area contributed by atoms with Crippen LogP contribution >= 0.6 is 0 Å². The molecule has 1 heterocycles. The summed E-state index contributed by atoms with van der Waals surface area (Å²) in [6.45, 7) is 0. The zero-order valence-electron chi connectivity index (χ0n) is 30.0. The highest BCUT2D eigenvalue weighted by Gasteiger charge is 2.47. The molecule has 0 saturated carbocycles. The van der Waals surface area contributed by atoms with Gasteiger partial charge in [-0.1, -0.05) is 212 Å². The molecule has 0 radical (unpaired) electrons. The van der Waals surface area contributed by atoms with Crippen molar-refractivity contribution < 1.29 is 0 Å². The fourth-order valence-electron chi connectivity index (χ4n) is 8.52. The third-order valence-electron chi connectivity index (χ3n) is 10.9. The molecule has 0 bridgehead atoms. The van der Waals surface area contributed by atoms with Crippen LogP contribution in [0.15, 0.2) is 212 Å². The first-order valence-corrected chi connectivity index (χ1v) is 18.7. The van der Waals surface area contributed by atoms with Gasteiger partial charge in [0.25, 0.3) is 0 Å². The molecular weight excluding hydrogens is 667 g/mol. The second kappa shape index (κ2) is 13.6. The molecule has 8 aromatic carbocycles. The fourth-order valence-corrected chi connectivity index (χ4v) is 8.52. The van der Waals surface area contributed by atoms with Crippen molar-refractivity contribution >= 4 is 0 Å². The molecule has 258 valence electrons. The van der Waals surface area contributed by atoms with Gasteiger partial charge >= 0.3 is 0 Å². The first-order valence-electron chi connectivity index (χ1n) is 18.7. The van der Waals surface area contributed by atoms with E-state index in [4.69, 9.17) is 15.0 Å². The van der Waals surface area contributed by atoms with Crippen molar-refractivity contribution in [1.82, 2.24) is 15.0 Å². The zero-order valence-corrected chi connectivity index (χ0v) is 30.0. The lowest BCUT2D eigenvalue weighted by Crippen LogP contribution is -2.29. The molecule has 1 aliphatic carbocycles. The summed E-state index contributed by atoms with van der Waals surface area (Å²) in [7, 11) is 0. The lowest BCUT2D eigenvalue weighted by molar-refractivity contribution is 0.769. The van der Waals surface area contributed by atoms with Gasteiger partial charge in [-0.05, 0) is 55.6 Å². The average Bonchev–Trinajstić information content (AvgIpc) is 3.59. The maximum Gasteiger partial charge on any atom is 0.164 e. The number of rotatable bonds is 7. The lowest BCUT2D eigenvalue weighted by atomic mass is 9.66. The highest BCUT2D eigenvalue weighted by molar-refractivity contribution is 5.92. The third kappa shape index (κ3) is 5.40. The van der Waals surface area contributed by atoms with Gasteiger partial charge in [0.1, 0.15) is 0 Å². The molecule has 0 spiro atoms. The van der Waals surface area contributed by atoms with Crippen molar-refractivity contribution in [1.29, 1.82) is 0 Å². The second-order valence-corrected chi connectivity index (χ2v) is 13.9. The summed E-state index contributed by atoms with van der Waals surface area (Å²) < 4.78 is 0. The van der Waals surface area contributed by atoms with E-state index in [1.165, 1.54) is 33.4 Å². The third-order valence-corrected chi connectivity index (χ3v) is 10.9. The predicted molar refractivity (Wildman–Crippen MR) is 224 cm³/mol. The lowest BCUT2D eigenvalue weighted by Gasteiger charge is -2.35. The summed E-state index contributed by atoms with van der Waals surface area (Å²) in [4.78, 5) is 16.3. The molecule has 0 N–H and O–H groups in total. The van der Waals surface area contributed by atoms with E-state index in [1.54, 1.807) is 0 Å². The largest absolute Gasteiger partial charge is 0.208 e. The van der Waals surface area contributed by atoms with Crippen molar-refractivity contribution in [3.05, 3.63) is 235 Å². The normalized spacial score (nSPS) is 12.5. The quantitative estimate of drug-likeness (QED) is 0.166. The van der Waals surface area contributed by atoms with Crippen LogP contribution in [0.25, 0.3) is 67.5 Å². The molecule has 9 aromatic rings. The number of fused-ring (bicyclic) bond motifs is 3.